The van der Waals surface area contributed by atoms with Crippen LogP contribution in [0.15, 0.2) is 18.2 Å². The van der Waals surface area contributed by atoms with Gasteiger partial charge in [-0.2, -0.15) is 0 Å². The van der Waals surface area contributed by atoms with Crippen molar-refractivity contribution in [2.75, 3.05) is 33.9 Å². The SMILES string of the molecule is CNCCC(NC)c1ccc2c(c1)OCCO2. The third-order valence-electron chi connectivity index (χ3n) is 3.00. The molecule has 94 valence electrons. The molecular formula is C13H20N2O2. The average Bonchev–Trinajstić information content (AvgIpc) is 2.39. The molecule has 2 rings (SSSR count). The van der Waals surface area contributed by atoms with E-state index in [1.165, 1.54) is 5.56 Å². The summed E-state index contributed by atoms with van der Waals surface area (Å²) in [7, 11) is 3.95. The van der Waals surface area contributed by atoms with Crippen LogP contribution in [-0.4, -0.2) is 33.9 Å². The fraction of sp³-hybridized carbons (Fsp3) is 0.538. The summed E-state index contributed by atoms with van der Waals surface area (Å²) in [5, 5.41) is 6.49. The van der Waals surface area contributed by atoms with E-state index in [1.54, 1.807) is 0 Å². The second-order valence-electron chi connectivity index (χ2n) is 4.14. The molecular weight excluding hydrogens is 216 g/mol. The van der Waals surface area contributed by atoms with Crippen LogP contribution in [0.1, 0.15) is 18.0 Å². The van der Waals surface area contributed by atoms with Crippen molar-refractivity contribution < 1.29 is 9.47 Å². The number of benzene rings is 1. The van der Waals surface area contributed by atoms with Crippen molar-refractivity contribution in [3.63, 3.8) is 0 Å². The van der Waals surface area contributed by atoms with Crippen LogP contribution in [0.25, 0.3) is 0 Å². The minimum atomic E-state index is 0.346. The number of fused-ring (bicyclic) bond motifs is 1. The zero-order chi connectivity index (χ0) is 12.1. The van der Waals surface area contributed by atoms with Crippen LogP contribution < -0.4 is 20.1 Å². The third-order valence-corrected chi connectivity index (χ3v) is 3.00. The van der Waals surface area contributed by atoms with E-state index < -0.39 is 0 Å². The van der Waals surface area contributed by atoms with E-state index in [9.17, 15) is 0 Å². The molecule has 1 aliphatic heterocycles. The highest BCUT2D eigenvalue weighted by Crippen LogP contribution is 2.33. The van der Waals surface area contributed by atoms with Gasteiger partial charge in [-0.3, -0.25) is 0 Å². The molecule has 2 N–H and O–H groups in total. The summed E-state index contributed by atoms with van der Waals surface area (Å²) in [5.41, 5.74) is 1.24. The summed E-state index contributed by atoms with van der Waals surface area (Å²) in [4.78, 5) is 0. The fourth-order valence-electron chi connectivity index (χ4n) is 2.04. The van der Waals surface area contributed by atoms with Gasteiger partial charge in [0.25, 0.3) is 0 Å². The molecule has 0 fully saturated rings. The van der Waals surface area contributed by atoms with Crippen molar-refractivity contribution in [3.8, 4) is 11.5 Å². The molecule has 1 aromatic rings. The summed E-state index contributed by atoms with van der Waals surface area (Å²) < 4.78 is 11.1. The highest BCUT2D eigenvalue weighted by atomic mass is 16.6. The molecule has 0 amide bonds. The largest absolute Gasteiger partial charge is 0.486 e. The maximum Gasteiger partial charge on any atom is 0.161 e. The van der Waals surface area contributed by atoms with Gasteiger partial charge in [-0.15, -0.1) is 0 Å². The molecule has 1 aromatic carbocycles. The molecule has 1 atom stereocenters. The van der Waals surface area contributed by atoms with Gasteiger partial charge in [0.05, 0.1) is 0 Å². The van der Waals surface area contributed by atoms with Crippen LogP contribution in [0, 0.1) is 0 Å². The molecule has 4 heteroatoms. The lowest BCUT2D eigenvalue weighted by molar-refractivity contribution is 0.171. The van der Waals surface area contributed by atoms with Gasteiger partial charge in [-0.05, 0) is 44.8 Å². The smallest absolute Gasteiger partial charge is 0.161 e. The minimum Gasteiger partial charge on any atom is -0.486 e. The van der Waals surface area contributed by atoms with Gasteiger partial charge in [0.15, 0.2) is 11.5 Å². The van der Waals surface area contributed by atoms with Gasteiger partial charge in [0.1, 0.15) is 13.2 Å². The van der Waals surface area contributed by atoms with E-state index in [2.05, 4.69) is 22.8 Å². The normalized spacial score (nSPS) is 15.6. The van der Waals surface area contributed by atoms with E-state index in [-0.39, 0.29) is 0 Å². The van der Waals surface area contributed by atoms with Crippen molar-refractivity contribution in [2.45, 2.75) is 12.5 Å². The second kappa shape index (κ2) is 5.89. The lowest BCUT2D eigenvalue weighted by Crippen LogP contribution is -2.22. The first-order valence-electron chi connectivity index (χ1n) is 6.06. The fourth-order valence-corrected chi connectivity index (χ4v) is 2.04. The Kier molecular flexibility index (Phi) is 4.23. The van der Waals surface area contributed by atoms with Gasteiger partial charge in [-0.1, -0.05) is 6.07 Å². The Morgan fingerprint density at radius 2 is 1.94 bits per heavy atom. The van der Waals surface area contributed by atoms with E-state index in [4.69, 9.17) is 9.47 Å². The molecule has 17 heavy (non-hydrogen) atoms. The van der Waals surface area contributed by atoms with Crippen molar-refractivity contribution in [3.05, 3.63) is 23.8 Å². The van der Waals surface area contributed by atoms with Gasteiger partial charge in [-0.25, -0.2) is 0 Å². The maximum atomic E-state index is 5.59. The topological polar surface area (TPSA) is 42.5 Å². The Bertz CT molecular complexity index is 368. The van der Waals surface area contributed by atoms with Gasteiger partial charge in [0.2, 0.25) is 0 Å². The maximum absolute atomic E-state index is 5.59. The van der Waals surface area contributed by atoms with Crippen LogP contribution in [0.5, 0.6) is 11.5 Å². The van der Waals surface area contributed by atoms with Crippen LogP contribution in [0.3, 0.4) is 0 Å². The van der Waals surface area contributed by atoms with E-state index in [0.29, 0.717) is 19.3 Å². The minimum absolute atomic E-state index is 0.346. The third kappa shape index (κ3) is 2.90. The van der Waals surface area contributed by atoms with Crippen molar-refractivity contribution in [2.24, 2.45) is 0 Å². The van der Waals surface area contributed by atoms with Crippen LogP contribution in [0.2, 0.25) is 0 Å². The number of nitrogens with one attached hydrogen (secondary N) is 2. The number of hydrogen-bond acceptors (Lipinski definition) is 4. The van der Waals surface area contributed by atoms with Crippen molar-refractivity contribution >= 4 is 0 Å². The molecule has 0 spiro atoms. The molecule has 0 aromatic heterocycles. The second-order valence-corrected chi connectivity index (χ2v) is 4.14. The lowest BCUT2D eigenvalue weighted by atomic mass is 10.0. The Morgan fingerprint density at radius 1 is 1.18 bits per heavy atom. The molecule has 0 aliphatic carbocycles. The van der Waals surface area contributed by atoms with E-state index >= 15 is 0 Å². The van der Waals surface area contributed by atoms with E-state index in [0.717, 1.165) is 24.5 Å². The zero-order valence-corrected chi connectivity index (χ0v) is 10.5. The molecule has 0 radical (unpaired) electrons. The molecule has 0 bridgehead atoms. The number of hydrogen-bond donors (Lipinski definition) is 2. The Balaban J connectivity index is 2.13. The molecule has 0 saturated heterocycles. The molecule has 1 heterocycles. The molecule has 1 unspecified atom stereocenters. The summed E-state index contributed by atoms with van der Waals surface area (Å²) >= 11 is 0. The van der Waals surface area contributed by atoms with Crippen LogP contribution in [0.4, 0.5) is 0 Å². The first-order chi connectivity index (χ1) is 8.35. The van der Waals surface area contributed by atoms with Crippen molar-refractivity contribution in [1.29, 1.82) is 0 Å². The summed E-state index contributed by atoms with van der Waals surface area (Å²) in [6.07, 6.45) is 1.05. The summed E-state index contributed by atoms with van der Waals surface area (Å²) in [6.45, 7) is 2.26. The van der Waals surface area contributed by atoms with E-state index in [1.807, 2.05) is 20.2 Å². The Hall–Kier alpha value is -1.26. The standard InChI is InChI=1S/C13H20N2O2/c1-14-6-5-11(15-2)10-3-4-12-13(9-10)17-8-7-16-12/h3-4,9,11,14-15H,5-8H2,1-2H3. The predicted molar refractivity (Wildman–Crippen MR) is 67.8 cm³/mol. The molecule has 0 saturated carbocycles. The Labute approximate surface area is 102 Å². The highest BCUT2D eigenvalue weighted by molar-refractivity contribution is 5.44. The molecule has 1 aliphatic rings. The average molecular weight is 236 g/mol. The number of ether oxygens (including phenoxy) is 2. The quantitative estimate of drug-likeness (QED) is 0.809. The Morgan fingerprint density at radius 3 is 2.65 bits per heavy atom. The van der Waals surface area contributed by atoms with Crippen molar-refractivity contribution in [1.82, 2.24) is 10.6 Å². The molecule has 4 nitrogen and oxygen atoms in total. The van der Waals surface area contributed by atoms with Gasteiger partial charge < -0.3 is 20.1 Å². The van der Waals surface area contributed by atoms with Gasteiger partial charge >= 0.3 is 0 Å². The number of rotatable bonds is 5. The monoisotopic (exact) mass is 236 g/mol. The summed E-state index contributed by atoms with van der Waals surface area (Å²) in [6, 6.07) is 6.52. The first kappa shape index (κ1) is 12.2. The first-order valence-corrected chi connectivity index (χ1v) is 6.06. The highest BCUT2D eigenvalue weighted by Gasteiger charge is 2.15. The van der Waals surface area contributed by atoms with Gasteiger partial charge in [0, 0.05) is 6.04 Å². The zero-order valence-electron chi connectivity index (χ0n) is 10.5. The predicted octanol–water partition coefficient (Wildman–Crippen LogP) is 1.33. The lowest BCUT2D eigenvalue weighted by Gasteiger charge is -2.22. The van der Waals surface area contributed by atoms with Crippen LogP contribution in [-0.2, 0) is 0 Å². The summed E-state index contributed by atoms with van der Waals surface area (Å²) in [5.74, 6) is 1.71. The van der Waals surface area contributed by atoms with Crippen LogP contribution >= 0.6 is 0 Å².